The molecule has 8 heteroatoms. The van der Waals surface area contributed by atoms with Crippen LogP contribution in [0.1, 0.15) is 22.8 Å². The van der Waals surface area contributed by atoms with Gasteiger partial charge in [-0.15, -0.1) is 0 Å². The Morgan fingerprint density at radius 1 is 1.12 bits per heavy atom. The van der Waals surface area contributed by atoms with Crippen LogP contribution in [0.5, 0.6) is 0 Å². The van der Waals surface area contributed by atoms with Crippen molar-refractivity contribution >= 4 is 28.2 Å². The lowest BCUT2D eigenvalue weighted by Gasteiger charge is -2.17. The monoisotopic (exact) mass is 428 g/mol. The van der Waals surface area contributed by atoms with Crippen molar-refractivity contribution in [2.24, 2.45) is 0 Å². The number of H-pyrrole nitrogens is 1. The molecular formula is C24H20N4O4. The smallest absolute Gasteiger partial charge is 0.342 e. The van der Waals surface area contributed by atoms with Gasteiger partial charge in [0.15, 0.2) is 0 Å². The third-order valence-electron chi connectivity index (χ3n) is 5.26. The first-order chi connectivity index (χ1) is 15.4. The van der Waals surface area contributed by atoms with Gasteiger partial charge in [0.1, 0.15) is 22.8 Å². The minimum absolute atomic E-state index is 0.0113. The van der Waals surface area contributed by atoms with Crippen molar-refractivity contribution in [1.82, 2.24) is 9.38 Å². The summed E-state index contributed by atoms with van der Waals surface area (Å²) in [5.74, 6) is -0.737. The Hall–Kier alpha value is -4.38. The first-order valence-electron chi connectivity index (χ1n) is 9.97. The molecule has 4 rings (SSSR count). The lowest BCUT2D eigenvalue weighted by molar-refractivity contribution is 0.0528. The van der Waals surface area contributed by atoms with Crippen molar-refractivity contribution in [2.45, 2.75) is 6.92 Å². The van der Waals surface area contributed by atoms with Crippen LogP contribution in [0.15, 0.2) is 58.1 Å². The summed E-state index contributed by atoms with van der Waals surface area (Å²) in [6.07, 6.45) is 0. The zero-order valence-electron chi connectivity index (χ0n) is 17.8. The van der Waals surface area contributed by atoms with Crippen molar-refractivity contribution in [3.63, 3.8) is 0 Å². The van der Waals surface area contributed by atoms with Gasteiger partial charge >= 0.3 is 5.97 Å². The van der Waals surface area contributed by atoms with E-state index < -0.39 is 17.1 Å². The molecule has 4 aromatic rings. The third kappa shape index (κ3) is 3.20. The first kappa shape index (κ1) is 20.9. The Balaban J connectivity index is 2.23. The maximum Gasteiger partial charge on any atom is 0.342 e. The van der Waals surface area contributed by atoms with Crippen LogP contribution in [0, 0.1) is 11.3 Å². The highest BCUT2D eigenvalue weighted by Gasteiger charge is 2.27. The molecule has 0 amide bonds. The van der Waals surface area contributed by atoms with E-state index in [1.165, 1.54) is 4.40 Å². The predicted molar refractivity (Wildman–Crippen MR) is 122 cm³/mol. The number of hydrogen-bond donors (Lipinski definition) is 1. The Kier molecular flexibility index (Phi) is 5.24. The molecule has 2 aromatic carbocycles. The summed E-state index contributed by atoms with van der Waals surface area (Å²) in [6.45, 7) is 1.74. The number of rotatable bonds is 4. The number of aromatic nitrogens is 2. The molecule has 0 radical (unpaired) electrons. The predicted octanol–water partition coefficient (Wildman–Crippen LogP) is 2.92. The zero-order chi connectivity index (χ0) is 23.0. The number of pyridine rings is 1. The van der Waals surface area contributed by atoms with E-state index in [4.69, 9.17) is 4.74 Å². The van der Waals surface area contributed by atoms with E-state index in [0.717, 1.165) is 5.69 Å². The SMILES string of the molecule is CCOC(=O)c1c(-c2ccc(N(C)C)cc2)c(C#N)c(=O)n2c1[nH]c(=O)c1ccccc12. The molecule has 1 N–H and O–H groups in total. The number of carbonyl (C=O) groups excluding carboxylic acids is 1. The number of benzene rings is 2. The molecule has 8 nitrogen and oxygen atoms in total. The molecule has 0 aliphatic heterocycles. The molecule has 0 saturated carbocycles. The summed E-state index contributed by atoms with van der Waals surface area (Å²) < 4.78 is 6.45. The second-order valence-electron chi connectivity index (χ2n) is 7.36. The molecule has 0 aliphatic rings. The highest BCUT2D eigenvalue weighted by molar-refractivity contribution is 6.05. The van der Waals surface area contributed by atoms with Crippen LogP contribution in [-0.2, 0) is 4.74 Å². The number of carbonyl (C=O) groups is 1. The van der Waals surface area contributed by atoms with Gasteiger partial charge in [-0.1, -0.05) is 24.3 Å². The molecule has 0 bridgehead atoms. The quantitative estimate of drug-likeness (QED) is 0.396. The van der Waals surface area contributed by atoms with Crippen LogP contribution < -0.4 is 16.0 Å². The Morgan fingerprint density at radius 2 is 1.81 bits per heavy atom. The van der Waals surface area contributed by atoms with E-state index in [2.05, 4.69) is 4.98 Å². The van der Waals surface area contributed by atoms with Gasteiger partial charge in [0.25, 0.3) is 11.1 Å². The molecule has 0 saturated heterocycles. The average molecular weight is 428 g/mol. The summed E-state index contributed by atoms with van der Waals surface area (Å²) in [5.41, 5.74) is 0.483. The Morgan fingerprint density at radius 3 is 2.44 bits per heavy atom. The molecule has 0 fully saturated rings. The largest absolute Gasteiger partial charge is 0.462 e. The van der Waals surface area contributed by atoms with E-state index in [0.29, 0.717) is 11.1 Å². The number of para-hydroxylation sites is 1. The van der Waals surface area contributed by atoms with E-state index in [9.17, 15) is 19.6 Å². The fourth-order valence-electron chi connectivity index (χ4n) is 3.78. The minimum Gasteiger partial charge on any atom is -0.462 e. The Bertz CT molecular complexity index is 1520. The highest BCUT2D eigenvalue weighted by atomic mass is 16.5. The van der Waals surface area contributed by atoms with E-state index >= 15 is 0 Å². The molecule has 32 heavy (non-hydrogen) atoms. The van der Waals surface area contributed by atoms with Crippen LogP contribution in [-0.4, -0.2) is 36.1 Å². The number of nitriles is 1. The van der Waals surface area contributed by atoms with Gasteiger partial charge in [-0.2, -0.15) is 5.26 Å². The summed E-state index contributed by atoms with van der Waals surface area (Å²) >= 11 is 0. The van der Waals surface area contributed by atoms with Crippen molar-refractivity contribution in [3.05, 3.63) is 80.4 Å². The normalized spacial score (nSPS) is 10.8. The summed E-state index contributed by atoms with van der Waals surface area (Å²) in [6, 6.07) is 15.6. The van der Waals surface area contributed by atoms with Crippen LogP contribution >= 0.6 is 0 Å². The number of ether oxygens (including phenoxy) is 1. The lowest BCUT2D eigenvalue weighted by atomic mass is 9.95. The maximum atomic E-state index is 13.4. The van der Waals surface area contributed by atoms with Crippen molar-refractivity contribution in [2.75, 3.05) is 25.6 Å². The standard InChI is InChI=1S/C24H20N4O4/c1-4-32-24(31)20-19(14-9-11-15(12-10-14)27(2)3)17(13-25)23(30)28-18-8-6-5-7-16(18)22(29)26-21(20)28/h5-12H,4H2,1-3H3,(H,26,29). The number of esters is 1. The summed E-state index contributed by atoms with van der Waals surface area (Å²) in [7, 11) is 3.77. The average Bonchev–Trinajstić information content (AvgIpc) is 2.79. The van der Waals surface area contributed by atoms with Gasteiger partial charge in [-0.25, -0.2) is 4.79 Å². The first-order valence-corrected chi connectivity index (χ1v) is 9.97. The minimum atomic E-state index is -0.737. The molecule has 0 spiro atoms. The molecule has 0 aliphatic carbocycles. The lowest BCUT2D eigenvalue weighted by Crippen LogP contribution is -2.27. The Labute approximate surface area is 182 Å². The second-order valence-corrected chi connectivity index (χ2v) is 7.36. The van der Waals surface area contributed by atoms with E-state index in [1.54, 1.807) is 43.3 Å². The van der Waals surface area contributed by atoms with E-state index in [-0.39, 0.29) is 34.3 Å². The maximum absolute atomic E-state index is 13.4. The van der Waals surface area contributed by atoms with Crippen molar-refractivity contribution < 1.29 is 9.53 Å². The second kappa shape index (κ2) is 8.04. The number of fused-ring (bicyclic) bond motifs is 3. The number of nitrogens with zero attached hydrogens (tertiary/aromatic N) is 3. The summed E-state index contributed by atoms with van der Waals surface area (Å²) in [4.78, 5) is 43.9. The van der Waals surface area contributed by atoms with E-state index in [1.807, 2.05) is 37.2 Å². The molecule has 2 heterocycles. The van der Waals surface area contributed by atoms with Gasteiger partial charge in [0, 0.05) is 25.3 Å². The van der Waals surface area contributed by atoms with Gasteiger partial charge in [-0.3, -0.25) is 14.0 Å². The fourth-order valence-corrected chi connectivity index (χ4v) is 3.78. The highest BCUT2D eigenvalue weighted by Crippen LogP contribution is 2.31. The molecular weight excluding hydrogens is 408 g/mol. The van der Waals surface area contributed by atoms with Crippen LogP contribution in [0.25, 0.3) is 27.7 Å². The number of hydrogen-bond acceptors (Lipinski definition) is 6. The van der Waals surface area contributed by atoms with Crippen molar-refractivity contribution in [1.29, 1.82) is 5.26 Å². The molecule has 160 valence electrons. The number of nitrogens with one attached hydrogen (secondary N) is 1. The number of aromatic amines is 1. The van der Waals surface area contributed by atoms with Crippen LogP contribution in [0.3, 0.4) is 0 Å². The van der Waals surface area contributed by atoms with Gasteiger partial charge in [0.2, 0.25) is 0 Å². The molecule has 0 unspecified atom stereocenters. The molecule has 0 atom stereocenters. The third-order valence-corrected chi connectivity index (χ3v) is 5.26. The van der Waals surface area contributed by atoms with Gasteiger partial charge < -0.3 is 14.6 Å². The molecule has 2 aromatic heterocycles. The zero-order valence-corrected chi connectivity index (χ0v) is 17.8. The summed E-state index contributed by atoms with van der Waals surface area (Å²) in [5, 5.41) is 10.2. The van der Waals surface area contributed by atoms with Crippen LogP contribution in [0.2, 0.25) is 0 Å². The number of anilines is 1. The van der Waals surface area contributed by atoms with Gasteiger partial charge in [0.05, 0.1) is 17.5 Å². The fraction of sp³-hybridized carbons (Fsp3) is 0.167. The van der Waals surface area contributed by atoms with Crippen molar-refractivity contribution in [3.8, 4) is 17.2 Å². The topological polar surface area (TPSA) is 108 Å². The van der Waals surface area contributed by atoms with Crippen LogP contribution in [0.4, 0.5) is 5.69 Å². The van der Waals surface area contributed by atoms with Gasteiger partial charge in [-0.05, 0) is 36.8 Å².